The molecule has 1 atom stereocenters. The lowest BCUT2D eigenvalue weighted by atomic mass is 10.1. The summed E-state index contributed by atoms with van der Waals surface area (Å²) >= 11 is 0. The van der Waals surface area contributed by atoms with Crippen LogP contribution >= 0.6 is 0 Å². The van der Waals surface area contributed by atoms with E-state index in [0.29, 0.717) is 6.04 Å². The first-order chi connectivity index (χ1) is 10.1. The SMILES string of the molecule is CCCNC(C)c1ccc(N(CCC(C)C)C2CC2)nc1. The summed E-state index contributed by atoms with van der Waals surface area (Å²) < 4.78 is 0. The Morgan fingerprint density at radius 1 is 1.29 bits per heavy atom. The normalized spacial score (nSPS) is 16.2. The highest BCUT2D eigenvalue weighted by Gasteiger charge is 2.29. The molecule has 0 aliphatic heterocycles. The second kappa shape index (κ2) is 7.79. The van der Waals surface area contributed by atoms with Crippen LogP contribution in [0.1, 0.15) is 65.0 Å². The molecule has 1 fully saturated rings. The van der Waals surface area contributed by atoms with Gasteiger partial charge in [-0.3, -0.25) is 0 Å². The fourth-order valence-electron chi connectivity index (χ4n) is 2.57. The average Bonchev–Trinajstić information content (AvgIpc) is 3.30. The van der Waals surface area contributed by atoms with Gasteiger partial charge in [0.15, 0.2) is 0 Å². The van der Waals surface area contributed by atoms with Crippen LogP contribution in [0.5, 0.6) is 0 Å². The van der Waals surface area contributed by atoms with E-state index in [4.69, 9.17) is 4.98 Å². The van der Waals surface area contributed by atoms with Crippen LogP contribution in [0.15, 0.2) is 18.3 Å². The van der Waals surface area contributed by atoms with Crippen LogP contribution < -0.4 is 10.2 Å². The van der Waals surface area contributed by atoms with Crippen molar-refractivity contribution in [3.05, 3.63) is 23.9 Å². The Morgan fingerprint density at radius 3 is 2.57 bits per heavy atom. The summed E-state index contributed by atoms with van der Waals surface area (Å²) in [5.74, 6) is 1.91. The molecule has 21 heavy (non-hydrogen) atoms. The Hall–Kier alpha value is -1.09. The minimum atomic E-state index is 0.386. The van der Waals surface area contributed by atoms with E-state index in [0.717, 1.165) is 30.9 Å². The van der Waals surface area contributed by atoms with Gasteiger partial charge >= 0.3 is 0 Å². The Labute approximate surface area is 130 Å². The van der Waals surface area contributed by atoms with Gasteiger partial charge in [0.25, 0.3) is 0 Å². The first-order valence-corrected chi connectivity index (χ1v) is 8.57. The van der Waals surface area contributed by atoms with Gasteiger partial charge in [-0.05, 0) is 56.7 Å². The third-order valence-corrected chi connectivity index (χ3v) is 4.20. The quantitative estimate of drug-likeness (QED) is 0.740. The summed E-state index contributed by atoms with van der Waals surface area (Å²) in [6, 6.07) is 5.56. The standard InChI is InChI=1S/C18H31N3/c1-5-11-19-15(4)16-6-9-18(20-13-16)21(17-7-8-17)12-10-14(2)3/h6,9,13-15,17,19H,5,7-8,10-12H2,1-4H3. The van der Waals surface area contributed by atoms with E-state index in [-0.39, 0.29) is 0 Å². The van der Waals surface area contributed by atoms with E-state index in [2.05, 4.69) is 50.0 Å². The number of pyridine rings is 1. The number of hydrogen-bond donors (Lipinski definition) is 1. The molecule has 3 nitrogen and oxygen atoms in total. The molecule has 0 amide bonds. The highest BCUT2D eigenvalue weighted by Crippen LogP contribution is 2.31. The third-order valence-electron chi connectivity index (χ3n) is 4.20. The molecule has 1 aliphatic carbocycles. The fourth-order valence-corrected chi connectivity index (χ4v) is 2.57. The van der Waals surface area contributed by atoms with Crippen molar-refractivity contribution in [1.82, 2.24) is 10.3 Å². The smallest absolute Gasteiger partial charge is 0.128 e. The van der Waals surface area contributed by atoms with Crippen molar-refractivity contribution in [2.75, 3.05) is 18.0 Å². The molecule has 0 spiro atoms. The molecule has 118 valence electrons. The molecule has 1 N–H and O–H groups in total. The van der Waals surface area contributed by atoms with E-state index >= 15 is 0 Å². The van der Waals surface area contributed by atoms with Gasteiger partial charge < -0.3 is 10.2 Å². The molecule has 1 unspecified atom stereocenters. The molecule has 2 rings (SSSR count). The van der Waals surface area contributed by atoms with Gasteiger partial charge in [0.1, 0.15) is 5.82 Å². The van der Waals surface area contributed by atoms with Gasteiger partial charge in [-0.25, -0.2) is 4.98 Å². The van der Waals surface area contributed by atoms with Crippen LogP contribution in [-0.2, 0) is 0 Å². The van der Waals surface area contributed by atoms with Crippen molar-refractivity contribution in [2.24, 2.45) is 5.92 Å². The van der Waals surface area contributed by atoms with E-state index in [1.807, 2.05) is 6.20 Å². The maximum absolute atomic E-state index is 4.73. The minimum absolute atomic E-state index is 0.386. The van der Waals surface area contributed by atoms with Gasteiger partial charge in [0.05, 0.1) is 0 Å². The Balaban J connectivity index is 1.98. The van der Waals surface area contributed by atoms with Crippen molar-refractivity contribution >= 4 is 5.82 Å². The van der Waals surface area contributed by atoms with Crippen molar-refractivity contribution < 1.29 is 0 Å². The maximum atomic E-state index is 4.73. The fraction of sp³-hybridized carbons (Fsp3) is 0.722. The minimum Gasteiger partial charge on any atom is -0.354 e. The average molecular weight is 289 g/mol. The predicted octanol–water partition coefficient (Wildman–Crippen LogP) is 4.16. The van der Waals surface area contributed by atoms with Crippen LogP contribution in [0.2, 0.25) is 0 Å². The van der Waals surface area contributed by atoms with Gasteiger partial charge in [0.2, 0.25) is 0 Å². The molecular weight excluding hydrogens is 258 g/mol. The highest BCUT2D eigenvalue weighted by molar-refractivity contribution is 5.42. The lowest BCUT2D eigenvalue weighted by molar-refractivity contribution is 0.564. The molecule has 0 radical (unpaired) electrons. The predicted molar refractivity (Wildman–Crippen MR) is 90.8 cm³/mol. The molecule has 0 aromatic carbocycles. The molecule has 1 saturated carbocycles. The van der Waals surface area contributed by atoms with E-state index < -0.39 is 0 Å². The van der Waals surface area contributed by atoms with Crippen LogP contribution in [0, 0.1) is 5.92 Å². The zero-order valence-corrected chi connectivity index (χ0v) is 14.1. The number of rotatable bonds is 9. The molecular formula is C18H31N3. The molecule has 1 aromatic heterocycles. The number of aromatic nitrogens is 1. The summed E-state index contributed by atoms with van der Waals surface area (Å²) in [6.45, 7) is 11.2. The van der Waals surface area contributed by atoms with E-state index in [1.54, 1.807) is 0 Å². The van der Waals surface area contributed by atoms with Crippen LogP contribution in [0.25, 0.3) is 0 Å². The first kappa shape index (κ1) is 16.3. The summed E-state index contributed by atoms with van der Waals surface area (Å²) in [5, 5.41) is 3.52. The summed E-state index contributed by atoms with van der Waals surface area (Å²) in [4.78, 5) is 7.24. The lowest BCUT2D eigenvalue weighted by Crippen LogP contribution is -2.28. The molecule has 0 saturated heterocycles. The number of nitrogens with one attached hydrogen (secondary N) is 1. The van der Waals surface area contributed by atoms with Crippen LogP contribution in [0.3, 0.4) is 0 Å². The lowest BCUT2D eigenvalue weighted by Gasteiger charge is -2.25. The van der Waals surface area contributed by atoms with Gasteiger partial charge in [-0.15, -0.1) is 0 Å². The molecule has 1 aliphatic rings. The van der Waals surface area contributed by atoms with Gasteiger partial charge in [-0.1, -0.05) is 26.8 Å². The number of anilines is 1. The number of hydrogen-bond acceptors (Lipinski definition) is 3. The van der Waals surface area contributed by atoms with Crippen molar-refractivity contribution in [3.8, 4) is 0 Å². The van der Waals surface area contributed by atoms with Crippen molar-refractivity contribution in [3.63, 3.8) is 0 Å². The van der Waals surface area contributed by atoms with Crippen LogP contribution in [0.4, 0.5) is 5.82 Å². The molecule has 0 bridgehead atoms. The van der Waals surface area contributed by atoms with Gasteiger partial charge in [0, 0.05) is 24.8 Å². The topological polar surface area (TPSA) is 28.2 Å². The van der Waals surface area contributed by atoms with E-state index in [9.17, 15) is 0 Å². The van der Waals surface area contributed by atoms with Crippen molar-refractivity contribution in [2.45, 2.75) is 65.5 Å². The van der Waals surface area contributed by atoms with Crippen molar-refractivity contribution in [1.29, 1.82) is 0 Å². The second-order valence-electron chi connectivity index (χ2n) is 6.73. The summed E-state index contributed by atoms with van der Waals surface area (Å²) in [5.41, 5.74) is 1.28. The maximum Gasteiger partial charge on any atom is 0.128 e. The number of nitrogens with zero attached hydrogens (tertiary/aromatic N) is 2. The zero-order chi connectivity index (χ0) is 15.2. The molecule has 1 aromatic rings. The van der Waals surface area contributed by atoms with Gasteiger partial charge in [-0.2, -0.15) is 0 Å². The largest absolute Gasteiger partial charge is 0.354 e. The molecule has 3 heteroatoms. The Morgan fingerprint density at radius 2 is 2.05 bits per heavy atom. The monoisotopic (exact) mass is 289 g/mol. The Bertz CT molecular complexity index is 409. The van der Waals surface area contributed by atoms with Crippen LogP contribution in [-0.4, -0.2) is 24.1 Å². The second-order valence-corrected chi connectivity index (χ2v) is 6.73. The third kappa shape index (κ3) is 4.99. The highest BCUT2D eigenvalue weighted by atomic mass is 15.2. The van der Waals surface area contributed by atoms with E-state index in [1.165, 1.54) is 31.2 Å². The molecule has 1 heterocycles. The zero-order valence-electron chi connectivity index (χ0n) is 14.1. The summed E-state index contributed by atoms with van der Waals surface area (Å²) in [6.07, 6.45) is 7.12. The summed E-state index contributed by atoms with van der Waals surface area (Å²) in [7, 11) is 0. The first-order valence-electron chi connectivity index (χ1n) is 8.57. The Kier molecular flexibility index (Phi) is 6.04.